The number of aryl methyl sites for hydroxylation is 1. The smallest absolute Gasteiger partial charge is 0.341 e. The monoisotopic (exact) mass is 282 g/mol. The lowest BCUT2D eigenvalue weighted by atomic mass is 10.1. The second-order valence-corrected chi connectivity index (χ2v) is 5.32. The van der Waals surface area contributed by atoms with Crippen molar-refractivity contribution in [1.29, 1.82) is 0 Å². The van der Waals surface area contributed by atoms with Gasteiger partial charge in [-0.3, -0.25) is 0 Å². The van der Waals surface area contributed by atoms with Crippen LogP contribution >= 0.6 is 0 Å². The molecule has 1 aliphatic rings. The van der Waals surface area contributed by atoms with Gasteiger partial charge in [0, 0.05) is 12.1 Å². The van der Waals surface area contributed by atoms with E-state index in [2.05, 4.69) is 34.2 Å². The molecular weight excluding hydrogens is 264 g/mol. The van der Waals surface area contributed by atoms with Gasteiger partial charge in [-0.05, 0) is 37.8 Å². The Labute approximate surface area is 124 Å². The Morgan fingerprint density at radius 1 is 1.29 bits per heavy atom. The first-order valence-electron chi connectivity index (χ1n) is 7.26. The summed E-state index contributed by atoms with van der Waals surface area (Å²) in [7, 11) is 0. The minimum atomic E-state index is -0.351. The van der Waals surface area contributed by atoms with Gasteiger partial charge in [0.25, 0.3) is 0 Å². The number of aromatic nitrogens is 2. The van der Waals surface area contributed by atoms with Gasteiger partial charge in [0.2, 0.25) is 0 Å². The van der Waals surface area contributed by atoms with Crippen LogP contribution in [0.4, 0.5) is 0 Å². The molecule has 1 aromatic carbocycles. The Morgan fingerprint density at radius 3 is 2.52 bits per heavy atom. The van der Waals surface area contributed by atoms with Crippen molar-refractivity contribution in [2.45, 2.75) is 32.6 Å². The minimum absolute atomic E-state index is 0.303. The lowest BCUT2D eigenvalue weighted by molar-refractivity contribution is 0.0524. The second kappa shape index (κ2) is 5.64. The maximum absolute atomic E-state index is 11.8. The van der Waals surface area contributed by atoms with E-state index in [0.717, 1.165) is 18.7 Å². The van der Waals surface area contributed by atoms with Crippen molar-refractivity contribution in [2.75, 3.05) is 6.61 Å². The number of rotatable bonds is 3. The normalized spacial score (nSPS) is 14.0. The van der Waals surface area contributed by atoms with Gasteiger partial charge < -0.3 is 4.74 Å². The highest BCUT2D eigenvalue weighted by Gasteiger charge is 2.25. The Morgan fingerprint density at radius 2 is 1.95 bits per heavy atom. The largest absolute Gasteiger partial charge is 0.462 e. The summed E-state index contributed by atoms with van der Waals surface area (Å²) in [5, 5.41) is 0. The summed E-state index contributed by atoms with van der Waals surface area (Å²) >= 11 is 0. The van der Waals surface area contributed by atoms with Crippen molar-refractivity contribution in [3.05, 3.63) is 58.7 Å². The van der Waals surface area contributed by atoms with Crippen LogP contribution in [0, 0.1) is 6.92 Å². The van der Waals surface area contributed by atoms with E-state index in [4.69, 9.17) is 4.74 Å². The molecule has 0 bridgehead atoms. The van der Waals surface area contributed by atoms with Crippen LogP contribution in [0.15, 0.2) is 30.5 Å². The van der Waals surface area contributed by atoms with Gasteiger partial charge in [0.1, 0.15) is 5.82 Å². The van der Waals surface area contributed by atoms with Crippen LogP contribution < -0.4 is 0 Å². The molecule has 0 atom stereocenters. The molecular formula is C17H18N2O2. The predicted molar refractivity (Wildman–Crippen MR) is 79.3 cm³/mol. The highest BCUT2D eigenvalue weighted by molar-refractivity contribution is 5.90. The van der Waals surface area contributed by atoms with E-state index >= 15 is 0 Å². The summed E-state index contributed by atoms with van der Waals surface area (Å²) in [5.41, 5.74) is 3.89. The van der Waals surface area contributed by atoms with E-state index < -0.39 is 0 Å². The molecule has 4 heteroatoms. The molecule has 0 aliphatic heterocycles. The van der Waals surface area contributed by atoms with Crippen molar-refractivity contribution < 1.29 is 9.53 Å². The molecule has 0 unspecified atom stereocenters. The van der Waals surface area contributed by atoms with Gasteiger partial charge >= 0.3 is 5.97 Å². The van der Waals surface area contributed by atoms with Crippen LogP contribution in [0.5, 0.6) is 0 Å². The summed E-state index contributed by atoms with van der Waals surface area (Å²) in [5.74, 6) is 0.769. The molecule has 0 saturated carbocycles. The lowest BCUT2D eigenvalue weighted by Gasteiger charge is -2.10. The zero-order valence-electron chi connectivity index (χ0n) is 12.3. The van der Waals surface area contributed by atoms with Crippen molar-refractivity contribution >= 4 is 5.97 Å². The van der Waals surface area contributed by atoms with Crippen molar-refractivity contribution in [3.63, 3.8) is 0 Å². The van der Waals surface area contributed by atoms with Crippen LogP contribution in [0.1, 0.15) is 45.8 Å². The van der Waals surface area contributed by atoms with Crippen LogP contribution in [0.25, 0.3) is 0 Å². The average Bonchev–Trinajstić information content (AvgIpc) is 2.91. The molecule has 1 aromatic heterocycles. The Kier molecular flexibility index (Phi) is 3.69. The molecule has 0 radical (unpaired) electrons. The summed E-state index contributed by atoms with van der Waals surface area (Å²) in [6.45, 7) is 3.98. The first-order valence-corrected chi connectivity index (χ1v) is 7.26. The molecule has 4 nitrogen and oxygen atoms in total. The topological polar surface area (TPSA) is 52.1 Å². The van der Waals surface area contributed by atoms with E-state index in [-0.39, 0.29) is 5.97 Å². The van der Waals surface area contributed by atoms with Gasteiger partial charge in [-0.1, -0.05) is 24.3 Å². The number of nitrogens with zero attached hydrogens (tertiary/aromatic N) is 2. The zero-order valence-corrected chi connectivity index (χ0v) is 12.3. The first kappa shape index (κ1) is 13.7. The van der Waals surface area contributed by atoms with Crippen LogP contribution in [0.2, 0.25) is 0 Å². The van der Waals surface area contributed by atoms with E-state index in [9.17, 15) is 4.79 Å². The van der Waals surface area contributed by atoms with Crippen LogP contribution in [-0.2, 0) is 17.6 Å². The fraction of sp³-hybridized carbons (Fsp3) is 0.353. The summed E-state index contributed by atoms with van der Waals surface area (Å²) in [4.78, 5) is 20.7. The number of ether oxygens (including phenoxy) is 1. The molecule has 1 aliphatic carbocycles. The SMILES string of the molecule is CCOC(=O)c1cnc(C2Cc3ccccc3C2)nc1C. The fourth-order valence-electron chi connectivity index (χ4n) is 2.83. The molecule has 1 heterocycles. The molecule has 21 heavy (non-hydrogen) atoms. The van der Waals surface area contributed by atoms with Crippen LogP contribution in [0.3, 0.4) is 0 Å². The highest BCUT2D eigenvalue weighted by Crippen LogP contribution is 2.32. The van der Waals surface area contributed by atoms with Gasteiger partial charge in [0.15, 0.2) is 0 Å². The summed E-state index contributed by atoms with van der Waals surface area (Å²) < 4.78 is 5.01. The van der Waals surface area contributed by atoms with Crippen molar-refractivity contribution in [3.8, 4) is 0 Å². The molecule has 3 rings (SSSR count). The molecule has 108 valence electrons. The van der Waals surface area contributed by atoms with E-state index in [1.165, 1.54) is 11.1 Å². The number of carbonyl (C=O) groups excluding carboxylic acids is 1. The second-order valence-electron chi connectivity index (χ2n) is 5.32. The lowest BCUT2D eigenvalue weighted by Crippen LogP contribution is -2.12. The Balaban J connectivity index is 1.82. The van der Waals surface area contributed by atoms with Gasteiger partial charge in [0.05, 0.1) is 17.9 Å². The number of fused-ring (bicyclic) bond motifs is 1. The predicted octanol–water partition coefficient (Wildman–Crippen LogP) is 2.84. The number of benzene rings is 1. The van der Waals surface area contributed by atoms with Gasteiger partial charge in [-0.25, -0.2) is 14.8 Å². The third-order valence-corrected chi connectivity index (χ3v) is 3.91. The van der Waals surface area contributed by atoms with Crippen molar-refractivity contribution in [1.82, 2.24) is 9.97 Å². The Bertz CT molecular complexity index is 657. The molecule has 0 fully saturated rings. The molecule has 0 saturated heterocycles. The van der Waals surface area contributed by atoms with Crippen LogP contribution in [-0.4, -0.2) is 22.5 Å². The van der Waals surface area contributed by atoms with Gasteiger partial charge in [-0.15, -0.1) is 0 Å². The average molecular weight is 282 g/mol. The quantitative estimate of drug-likeness (QED) is 0.812. The number of hydrogen-bond acceptors (Lipinski definition) is 4. The Hall–Kier alpha value is -2.23. The summed E-state index contributed by atoms with van der Waals surface area (Å²) in [6.07, 6.45) is 3.53. The maximum Gasteiger partial charge on any atom is 0.341 e. The molecule has 0 N–H and O–H groups in total. The molecule has 0 spiro atoms. The highest BCUT2D eigenvalue weighted by atomic mass is 16.5. The molecule has 2 aromatic rings. The van der Waals surface area contributed by atoms with E-state index in [1.54, 1.807) is 13.1 Å². The third kappa shape index (κ3) is 2.66. The maximum atomic E-state index is 11.8. The van der Waals surface area contributed by atoms with E-state index in [0.29, 0.717) is 23.8 Å². The standard InChI is InChI=1S/C17H18N2O2/c1-3-21-17(20)15-10-18-16(19-11(15)2)14-8-12-6-4-5-7-13(12)9-14/h4-7,10,14H,3,8-9H2,1-2H3. The number of esters is 1. The number of hydrogen-bond donors (Lipinski definition) is 0. The molecule has 0 amide bonds. The number of carbonyl (C=O) groups is 1. The zero-order chi connectivity index (χ0) is 14.8. The van der Waals surface area contributed by atoms with Gasteiger partial charge in [-0.2, -0.15) is 0 Å². The third-order valence-electron chi connectivity index (χ3n) is 3.91. The van der Waals surface area contributed by atoms with Crippen molar-refractivity contribution in [2.24, 2.45) is 0 Å². The summed E-state index contributed by atoms with van der Waals surface area (Å²) in [6, 6.07) is 8.46. The first-order chi connectivity index (χ1) is 10.2. The minimum Gasteiger partial charge on any atom is -0.462 e. The fourth-order valence-corrected chi connectivity index (χ4v) is 2.83. The van der Waals surface area contributed by atoms with E-state index in [1.807, 2.05) is 6.92 Å².